The minimum Gasteiger partial charge on any atom is -0.486 e. The van der Waals surface area contributed by atoms with Gasteiger partial charge in [-0.3, -0.25) is 4.98 Å². The summed E-state index contributed by atoms with van der Waals surface area (Å²) in [5.41, 5.74) is 1.81. The molecule has 0 radical (unpaired) electrons. The standard InChI is InChI=1S/C14H13BrCl2N2O/c1-18-7-9-3-2-4-10(19-9)8-20-14-6-12(16)11(15)5-13(14)17/h2-6,18H,7-8H2,1H3. The summed E-state index contributed by atoms with van der Waals surface area (Å²) < 4.78 is 6.41. The lowest BCUT2D eigenvalue weighted by Crippen LogP contribution is -2.08. The Morgan fingerprint density at radius 2 is 1.95 bits per heavy atom. The molecule has 0 amide bonds. The molecule has 3 nitrogen and oxygen atoms in total. The summed E-state index contributed by atoms with van der Waals surface area (Å²) in [6, 6.07) is 9.22. The lowest BCUT2D eigenvalue weighted by atomic mass is 10.3. The average Bonchev–Trinajstić information content (AvgIpc) is 2.42. The van der Waals surface area contributed by atoms with E-state index in [1.807, 2.05) is 25.2 Å². The van der Waals surface area contributed by atoms with Crippen molar-refractivity contribution in [3.05, 3.63) is 56.2 Å². The quantitative estimate of drug-likeness (QED) is 0.784. The topological polar surface area (TPSA) is 34.1 Å². The van der Waals surface area contributed by atoms with Crippen LogP contribution < -0.4 is 10.1 Å². The van der Waals surface area contributed by atoms with Crippen LogP contribution in [0, 0.1) is 0 Å². The minimum atomic E-state index is 0.342. The molecule has 0 fully saturated rings. The molecule has 0 atom stereocenters. The molecule has 1 aromatic carbocycles. The van der Waals surface area contributed by atoms with Gasteiger partial charge in [-0.05, 0) is 41.2 Å². The van der Waals surface area contributed by atoms with E-state index in [1.54, 1.807) is 12.1 Å². The predicted molar refractivity (Wildman–Crippen MR) is 85.5 cm³/mol. The van der Waals surface area contributed by atoms with Crippen LogP contribution >= 0.6 is 39.1 Å². The first-order valence-electron chi connectivity index (χ1n) is 5.97. The molecule has 106 valence electrons. The third kappa shape index (κ3) is 4.09. The molecule has 0 saturated heterocycles. The Morgan fingerprint density at radius 1 is 1.20 bits per heavy atom. The van der Waals surface area contributed by atoms with Crippen LogP contribution in [0.1, 0.15) is 11.4 Å². The lowest BCUT2D eigenvalue weighted by molar-refractivity contribution is 0.301. The zero-order valence-corrected chi connectivity index (χ0v) is 13.9. The Kier molecular flexibility index (Phi) is 5.66. The van der Waals surface area contributed by atoms with Gasteiger partial charge in [-0.25, -0.2) is 0 Å². The molecule has 0 aliphatic heterocycles. The summed E-state index contributed by atoms with van der Waals surface area (Å²) >= 11 is 15.4. The van der Waals surface area contributed by atoms with Crippen molar-refractivity contribution in [2.75, 3.05) is 7.05 Å². The first kappa shape index (κ1) is 15.6. The fourth-order valence-electron chi connectivity index (χ4n) is 1.66. The van der Waals surface area contributed by atoms with Gasteiger partial charge in [0.05, 0.1) is 21.4 Å². The van der Waals surface area contributed by atoms with Crippen LogP contribution in [0.15, 0.2) is 34.8 Å². The van der Waals surface area contributed by atoms with Gasteiger partial charge >= 0.3 is 0 Å². The first-order chi connectivity index (χ1) is 9.60. The molecule has 0 unspecified atom stereocenters. The number of nitrogens with one attached hydrogen (secondary N) is 1. The van der Waals surface area contributed by atoms with Crippen molar-refractivity contribution in [1.29, 1.82) is 0 Å². The molecule has 20 heavy (non-hydrogen) atoms. The summed E-state index contributed by atoms with van der Waals surface area (Å²) in [5.74, 6) is 0.542. The summed E-state index contributed by atoms with van der Waals surface area (Å²) in [6.45, 7) is 1.06. The molecule has 0 saturated carbocycles. The van der Waals surface area contributed by atoms with Crippen LogP contribution in [0.3, 0.4) is 0 Å². The number of nitrogens with zero attached hydrogens (tertiary/aromatic N) is 1. The Morgan fingerprint density at radius 3 is 2.70 bits per heavy atom. The minimum absolute atomic E-state index is 0.342. The van der Waals surface area contributed by atoms with Crippen molar-refractivity contribution in [2.24, 2.45) is 0 Å². The Labute approximate surface area is 136 Å². The van der Waals surface area contributed by atoms with Crippen LogP contribution in [0.2, 0.25) is 10.0 Å². The highest BCUT2D eigenvalue weighted by atomic mass is 79.9. The van der Waals surface area contributed by atoms with Crippen molar-refractivity contribution >= 4 is 39.1 Å². The van der Waals surface area contributed by atoms with E-state index in [0.717, 1.165) is 22.4 Å². The van der Waals surface area contributed by atoms with Crippen molar-refractivity contribution in [2.45, 2.75) is 13.2 Å². The van der Waals surface area contributed by atoms with Gasteiger partial charge in [-0.2, -0.15) is 0 Å². The summed E-state index contributed by atoms with van der Waals surface area (Å²) in [4.78, 5) is 4.47. The molecule has 1 heterocycles. The highest BCUT2D eigenvalue weighted by molar-refractivity contribution is 9.10. The van der Waals surface area contributed by atoms with Crippen molar-refractivity contribution in [3.8, 4) is 5.75 Å². The van der Waals surface area contributed by atoms with E-state index < -0.39 is 0 Å². The molecule has 0 aliphatic carbocycles. The molecule has 6 heteroatoms. The number of benzene rings is 1. The fourth-order valence-corrected chi connectivity index (χ4v) is 2.50. The number of rotatable bonds is 5. The van der Waals surface area contributed by atoms with Gasteiger partial charge < -0.3 is 10.1 Å². The maximum atomic E-state index is 6.10. The van der Waals surface area contributed by atoms with E-state index >= 15 is 0 Å². The van der Waals surface area contributed by atoms with Crippen LogP contribution in [0.4, 0.5) is 0 Å². The van der Waals surface area contributed by atoms with E-state index in [-0.39, 0.29) is 0 Å². The lowest BCUT2D eigenvalue weighted by Gasteiger charge is -2.10. The van der Waals surface area contributed by atoms with Crippen molar-refractivity contribution in [1.82, 2.24) is 10.3 Å². The summed E-state index contributed by atoms with van der Waals surface area (Å²) in [6.07, 6.45) is 0. The number of pyridine rings is 1. The van der Waals surface area contributed by atoms with Crippen LogP contribution in [0.25, 0.3) is 0 Å². The highest BCUT2D eigenvalue weighted by Gasteiger charge is 2.07. The SMILES string of the molecule is CNCc1cccc(COc2cc(Cl)c(Br)cc2Cl)n1. The van der Waals surface area contributed by atoms with Gasteiger partial charge in [0.1, 0.15) is 12.4 Å². The largest absolute Gasteiger partial charge is 0.486 e. The maximum Gasteiger partial charge on any atom is 0.140 e. The van der Waals surface area contributed by atoms with Gasteiger partial charge in [0.25, 0.3) is 0 Å². The molecular formula is C14H13BrCl2N2O. The molecule has 0 spiro atoms. The van der Waals surface area contributed by atoms with Crippen LogP contribution in [-0.4, -0.2) is 12.0 Å². The normalized spacial score (nSPS) is 10.6. The van der Waals surface area contributed by atoms with Crippen molar-refractivity contribution < 1.29 is 4.74 Å². The average molecular weight is 376 g/mol. The van der Waals surface area contributed by atoms with Gasteiger partial charge in [-0.15, -0.1) is 0 Å². The van der Waals surface area contributed by atoms with Crippen molar-refractivity contribution in [3.63, 3.8) is 0 Å². The number of hydrogen-bond donors (Lipinski definition) is 1. The molecule has 1 aromatic heterocycles. The van der Waals surface area contributed by atoms with Gasteiger partial charge in [-0.1, -0.05) is 29.3 Å². The Bertz CT molecular complexity index is 608. The second-order valence-electron chi connectivity index (χ2n) is 4.14. The Balaban J connectivity index is 2.08. The van der Waals surface area contributed by atoms with Gasteiger partial charge in [0.2, 0.25) is 0 Å². The maximum absolute atomic E-state index is 6.10. The summed E-state index contributed by atoms with van der Waals surface area (Å²) in [5, 5.41) is 4.12. The van der Waals surface area contributed by atoms with Crippen LogP contribution in [-0.2, 0) is 13.2 Å². The highest BCUT2D eigenvalue weighted by Crippen LogP contribution is 2.34. The monoisotopic (exact) mass is 374 g/mol. The first-order valence-corrected chi connectivity index (χ1v) is 7.52. The van der Waals surface area contributed by atoms with Gasteiger partial charge in [0.15, 0.2) is 0 Å². The number of aromatic nitrogens is 1. The molecule has 0 bridgehead atoms. The summed E-state index contributed by atoms with van der Waals surface area (Å²) in [7, 11) is 1.88. The molecule has 2 rings (SSSR count). The third-order valence-corrected chi connectivity index (χ3v) is 4.07. The van der Waals surface area contributed by atoms with Gasteiger partial charge in [0, 0.05) is 17.1 Å². The number of halogens is 3. The molecule has 0 aliphatic rings. The smallest absolute Gasteiger partial charge is 0.140 e. The third-order valence-electron chi connectivity index (χ3n) is 2.57. The molecule has 1 N–H and O–H groups in total. The predicted octanol–water partition coefficient (Wildman–Crippen LogP) is 4.45. The fraction of sp³-hybridized carbons (Fsp3) is 0.214. The zero-order chi connectivity index (χ0) is 14.5. The van der Waals surface area contributed by atoms with Crippen LogP contribution in [0.5, 0.6) is 5.75 Å². The molecular weight excluding hydrogens is 363 g/mol. The molecule has 2 aromatic rings. The van der Waals surface area contributed by atoms with E-state index in [0.29, 0.717) is 22.4 Å². The van der Waals surface area contributed by atoms with E-state index in [2.05, 4.69) is 26.2 Å². The van der Waals surface area contributed by atoms with E-state index in [1.165, 1.54) is 0 Å². The van der Waals surface area contributed by atoms with E-state index in [9.17, 15) is 0 Å². The van der Waals surface area contributed by atoms with E-state index in [4.69, 9.17) is 27.9 Å². The number of ether oxygens (including phenoxy) is 1. The second-order valence-corrected chi connectivity index (χ2v) is 5.80. The Hall–Kier alpha value is -0.810. The zero-order valence-electron chi connectivity index (χ0n) is 10.8. The number of hydrogen-bond acceptors (Lipinski definition) is 3. The second kappa shape index (κ2) is 7.27.